The van der Waals surface area contributed by atoms with E-state index in [2.05, 4.69) is 0 Å². The van der Waals surface area contributed by atoms with Gasteiger partial charge in [0.2, 0.25) is 0 Å². The number of benzene rings is 1. The molecule has 0 radical (unpaired) electrons. The minimum absolute atomic E-state index is 0.0370. The first kappa shape index (κ1) is 9.07. The van der Waals surface area contributed by atoms with Gasteiger partial charge in [0.25, 0.3) is 0 Å². The average molecular weight is 166 g/mol. The molecule has 0 atom stereocenters. The number of hydrogen-bond donors (Lipinski definition) is 1. The van der Waals surface area contributed by atoms with E-state index in [1.165, 1.54) is 0 Å². The molecule has 0 aliphatic heterocycles. The fourth-order valence-corrected chi connectivity index (χ4v) is 1.34. The first-order valence-corrected chi connectivity index (χ1v) is 3.94. The lowest BCUT2D eigenvalue weighted by atomic mass is 10.1. The molecule has 2 nitrogen and oxygen atoms in total. The third-order valence-electron chi connectivity index (χ3n) is 1.95. The van der Waals surface area contributed by atoms with Crippen LogP contribution in [0.15, 0.2) is 12.1 Å². The SMILES string of the molecule is COc1cc(C)cc(C)c1CO. The summed E-state index contributed by atoms with van der Waals surface area (Å²) >= 11 is 0. The van der Waals surface area contributed by atoms with E-state index in [1.807, 2.05) is 26.0 Å². The standard InChI is InChI=1S/C10H14O2/c1-7-4-8(2)9(6-11)10(5-7)12-3/h4-5,11H,6H2,1-3H3. The molecule has 0 saturated heterocycles. The van der Waals surface area contributed by atoms with Crippen molar-refractivity contribution < 1.29 is 9.84 Å². The molecule has 12 heavy (non-hydrogen) atoms. The molecule has 1 aromatic carbocycles. The molecule has 0 fully saturated rings. The second-order valence-corrected chi connectivity index (χ2v) is 2.92. The van der Waals surface area contributed by atoms with Crippen molar-refractivity contribution in [3.63, 3.8) is 0 Å². The van der Waals surface area contributed by atoms with Gasteiger partial charge >= 0.3 is 0 Å². The Bertz CT molecular complexity index is 279. The quantitative estimate of drug-likeness (QED) is 0.726. The first-order chi connectivity index (χ1) is 5.69. The van der Waals surface area contributed by atoms with Crippen molar-refractivity contribution in [2.24, 2.45) is 0 Å². The van der Waals surface area contributed by atoms with Gasteiger partial charge in [-0.2, -0.15) is 0 Å². The predicted octanol–water partition coefficient (Wildman–Crippen LogP) is 1.80. The zero-order chi connectivity index (χ0) is 9.14. The van der Waals surface area contributed by atoms with E-state index in [-0.39, 0.29) is 6.61 Å². The highest BCUT2D eigenvalue weighted by molar-refractivity contribution is 5.42. The smallest absolute Gasteiger partial charge is 0.124 e. The molecule has 0 saturated carbocycles. The largest absolute Gasteiger partial charge is 0.496 e. The van der Waals surface area contributed by atoms with Gasteiger partial charge in [0.05, 0.1) is 13.7 Å². The highest BCUT2D eigenvalue weighted by Gasteiger charge is 2.05. The maximum Gasteiger partial charge on any atom is 0.124 e. The van der Waals surface area contributed by atoms with Crippen molar-refractivity contribution in [1.82, 2.24) is 0 Å². The van der Waals surface area contributed by atoms with Crippen LogP contribution in [-0.4, -0.2) is 12.2 Å². The van der Waals surface area contributed by atoms with Crippen molar-refractivity contribution in [3.05, 3.63) is 28.8 Å². The summed E-state index contributed by atoms with van der Waals surface area (Å²) in [7, 11) is 1.62. The summed E-state index contributed by atoms with van der Waals surface area (Å²) in [5.41, 5.74) is 3.11. The van der Waals surface area contributed by atoms with Crippen LogP contribution in [-0.2, 0) is 6.61 Å². The van der Waals surface area contributed by atoms with Gasteiger partial charge in [-0.3, -0.25) is 0 Å². The Morgan fingerprint density at radius 2 is 2.00 bits per heavy atom. The summed E-state index contributed by atoms with van der Waals surface area (Å²) in [5.74, 6) is 0.773. The van der Waals surface area contributed by atoms with Crippen LogP contribution in [0.25, 0.3) is 0 Å². The van der Waals surface area contributed by atoms with Gasteiger partial charge in [0.1, 0.15) is 5.75 Å². The lowest BCUT2D eigenvalue weighted by Gasteiger charge is -2.10. The van der Waals surface area contributed by atoms with Crippen molar-refractivity contribution in [1.29, 1.82) is 0 Å². The number of methoxy groups -OCH3 is 1. The Morgan fingerprint density at radius 1 is 1.33 bits per heavy atom. The third-order valence-corrected chi connectivity index (χ3v) is 1.95. The van der Waals surface area contributed by atoms with Crippen LogP contribution in [0.3, 0.4) is 0 Å². The second kappa shape index (κ2) is 3.59. The van der Waals surface area contributed by atoms with Crippen LogP contribution in [0.2, 0.25) is 0 Å². The highest BCUT2D eigenvalue weighted by atomic mass is 16.5. The maximum absolute atomic E-state index is 9.04. The number of aliphatic hydroxyl groups is 1. The molecule has 0 unspecified atom stereocenters. The summed E-state index contributed by atoms with van der Waals surface area (Å²) in [4.78, 5) is 0. The summed E-state index contributed by atoms with van der Waals surface area (Å²) in [6.07, 6.45) is 0. The van der Waals surface area contributed by atoms with E-state index >= 15 is 0 Å². The minimum atomic E-state index is 0.0370. The summed E-state index contributed by atoms with van der Waals surface area (Å²) in [5, 5.41) is 9.04. The molecular weight excluding hydrogens is 152 g/mol. The van der Waals surface area contributed by atoms with Gasteiger partial charge in [-0.15, -0.1) is 0 Å². The predicted molar refractivity (Wildman–Crippen MR) is 48.4 cm³/mol. The molecule has 0 amide bonds. The van der Waals surface area contributed by atoms with Gasteiger partial charge in [0.15, 0.2) is 0 Å². The van der Waals surface area contributed by atoms with E-state index in [0.29, 0.717) is 0 Å². The van der Waals surface area contributed by atoms with Crippen molar-refractivity contribution in [2.75, 3.05) is 7.11 Å². The molecule has 0 aromatic heterocycles. The molecule has 0 aliphatic carbocycles. The van der Waals surface area contributed by atoms with Crippen LogP contribution in [0, 0.1) is 13.8 Å². The third kappa shape index (κ3) is 1.59. The Hall–Kier alpha value is -1.02. The normalized spacial score (nSPS) is 10.0. The molecule has 1 aromatic rings. The topological polar surface area (TPSA) is 29.5 Å². The first-order valence-electron chi connectivity index (χ1n) is 3.94. The van der Waals surface area contributed by atoms with Crippen LogP contribution in [0.1, 0.15) is 16.7 Å². The Morgan fingerprint density at radius 3 is 2.50 bits per heavy atom. The number of aliphatic hydroxyl groups excluding tert-OH is 1. The van der Waals surface area contributed by atoms with Gasteiger partial charge < -0.3 is 9.84 Å². The molecule has 1 N–H and O–H groups in total. The average Bonchev–Trinajstić information content (AvgIpc) is 2.03. The maximum atomic E-state index is 9.04. The van der Waals surface area contributed by atoms with Crippen molar-refractivity contribution in [3.8, 4) is 5.75 Å². The lowest BCUT2D eigenvalue weighted by Crippen LogP contribution is -1.95. The Kier molecular flexibility index (Phi) is 2.71. The van der Waals surface area contributed by atoms with Crippen LogP contribution in [0.5, 0.6) is 5.75 Å². The fourth-order valence-electron chi connectivity index (χ4n) is 1.34. The van der Waals surface area contributed by atoms with Crippen LogP contribution in [0.4, 0.5) is 0 Å². The van der Waals surface area contributed by atoms with Gasteiger partial charge in [0, 0.05) is 5.56 Å². The van der Waals surface area contributed by atoms with Gasteiger partial charge in [-0.1, -0.05) is 6.07 Å². The second-order valence-electron chi connectivity index (χ2n) is 2.92. The number of ether oxygens (including phenoxy) is 1. The zero-order valence-electron chi connectivity index (χ0n) is 7.72. The van der Waals surface area contributed by atoms with E-state index in [9.17, 15) is 0 Å². The Labute approximate surface area is 72.8 Å². The fraction of sp³-hybridized carbons (Fsp3) is 0.400. The molecular formula is C10H14O2. The van der Waals surface area contributed by atoms with E-state index in [0.717, 1.165) is 22.4 Å². The molecule has 1 rings (SSSR count). The molecule has 0 heterocycles. The monoisotopic (exact) mass is 166 g/mol. The number of aryl methyl sites for hydroxylation is 2. The lowest BCUT2D eigenvalue weighted by molar-refractivity contribution is 0.273. The van der Waals surface area contributed by atoms with Gasteiger partial charge in [-0.25, -0.2) is 0 Å². The number of hydrogen-bond acceptors (Lipinski definition) is 2. The molecule has 2 heteroatoms. The highest BCUT2D eigenvalue weighted by Crippen LogP contribution is 2.23. The molecule has 0 aliphatic rings. The minimum Gasteiger partial charge on any atom is -0.496 e. The number of rotatable bonds is 2. The van der Waals surface area contributed by atoms with Gasteiger partial charge in [-0.05, 0) is 31.0 Å². The Balaban J connectivity index is 3.24. The molecule has 66 valence electrons. The zero-order valence-corrected chi connectivity index (χ0v) is 7.72. The van der Waals surface area contributed by atoms with E-state index < -0.39 is 0 Å². The summed E-state index contributed by atoms with van der Waals surface area (Å²) < 4.78 is 5.14. The van der Waals surface area contributed by atoms with E-state index in [4.69, 9.17) is 9.84 Å². The van der Waals surface area contributed by atoms with Crippen molar-refractivity contribution in [2.45, 2.75) is 20.5 Å². The van der Waals surface area contributed by atoms with Crippen LogP contribution >= 0.6 is 0 Å². The van der Waals surface area contributed by atoms with Crippen molar-refractivity contribution >= 4 is 0 Å². The van der Waals surface area contributed by atoms with E-state index in [1.54, 1.807) is 7.11 Å². The summed E-state index contributed by atoms with van der Waals surface area (Å²) in [6, 6.07) is 3.96. The molecule has 0 spiro atoms. The summed E-state index contributed by atoms with van der Waals surface area (Å²) in [6.45, 7) is 4.02. The molecule has 0 bridgehead atoms. The van der Waals surface area contributed by atoms with Crippen LogP contribution < -0.4 is 4.74 Å².